The molecule has 0 amide bonds. The van der Waals surface area contributed by atoms with Crippen molar-refractivity contribution < 1.29 is 5.11 Å². The molecule has 0 heterocycles. The molecule has 0 radical (unpaired) electrons. The standard InChI is InChI=1S/C6H7IN2O/c7-4-2-1-3-5(10)6(4)9-8/h1-3,9-10H,8H2. The van der Waals surface area contributed by atoms with E-state index in [4.69, 9.17) is 10.9 Å². The lowest BCUT2D eigenvalue weighted by atomic mass is 10.3. The summed E-state index contributed by atoms with van der Waals surface area (Å²) >= 11 is 2.08. The molecule has 0 aliphatic carbocycles. The minimum Gasteiger partial charge on any atom is -0.506 e. The molecule has 0 unspecified atom stereocenters. The molecule has 0 spiro atoms. The van der Waals surface area contributed by atoms with Crippen molar-refractivity contribution in [2.75, 3.05) is 5.43 Å². The summed E-state index contributed by atoms with van der Waals surface area (Å²) in [6.07, 6.45) is 0. The first-order valence-electron chi connectivity index (χ1n) is 2.70. The highest BCUT2D eigenvalue weighted by molar-refractivity contribution is 14.1. The maximum absolute atomic E-state index is 9.14. The van der Waals surface area contributed by atoms with Crippen LogP contribution in [0, 0.1) is 3.57 Å². The lowest BCUT2D eigenvalue weighted by molar-refractivity contribution is 0.477. The highest BCUT2D eigenvalue weighted by Gasteiger charge is 2.00. The van der Waals surface area contributed by atoms with Crippen LogP contribution in [-0.4, -0.2) is 5.11 Å². The van der Waals surface area contributed by atoms with Gasteiger partial charge in [0.15, 0.2) is 0 Å². The molecule has 10 heavy (non-hydrogen) atoms. The maximum Gasteiger partial charge on any atom is 0.141 e. The van der Waals surface area contributed by atoms with Crippen LogP contribution in [0.5, 0.6) is 5.75 Å². The first kappa shape index (κ1) is 7.62. The second kappa shape index (κ2) is 3.07. The zero-order valence-corrected chi connectivity index (χ0v) is 7.29. The Morgan fingerprint density at radius 2 is 2.20 bits per heavy atom. The molecule has 0 fully saturated rings. The van der Waals surface area contributed by atoms with Gasteiger partial charge in [0.05, 0.1) is 0 Å². The Morgan fingerprint density at radius 3 is 2.60 bits per heavy atom. The van der Waals surface area contributed by atoms with Crippen molar-refractivity contribution in [3.8, 4) is 5.75 Å². The van der Waals surface area contributed by atoms with Gasteiger partial charge in [-0.1, -0.05) is 6.07 Å². The molecule has 0 aliphatic heterocycles. The first-order valence-corrected chi connectivity index (χ1v) is 3.77. The number of hydrogen-bond donors (Lipinski definition) is 3. The van der Waals surface area contributed by atoms with E-state index in [2.05, 4.69) is 28.0 Å². The van der Waals surface area contributed by atoms with Crippen molar-refractivity contribution >= 4 is 28.3 Å². The van der Waals surface area contributed by atoms with Crippen LogP contribution in [0.4, 0.5) is 5.69 Å². The topological polar surface area (TPSA) is 58.3 Å². The number of nitrogen functional groups attached to an aromatic ring is 1. The number of aromatic hydroxyl groups is 1. The van der Waals surface area contributed by atoms with Crippen LogP contribution in [0.2, 0.25) is 0 Å². The van der Waals surface area contributed by atoms with Crippen LogP contribution in [0.3, 0.4) is 0 Å². The average Bonchev–Trinajstić information content (AvgIpc) is 1.88. The van der Waals surface area contributed by atoms with Crippen molar-refractivity contribution in [1.82, 2.24) is 0 Å². The maximum atomic E-state index is 9.14. The van der Waals surface area contributed by atoms with E-state index in [1.165, 1.54) is 0 Å². The van der Waals surface area contributed by atoms with E-state index in [0.717, 1.165) is 3.57 Å². The van der Waals surface area contributed by atoms with E-state index in [1.807, 2.05) is 6.07 Å². The van der Waals surface area contributed by atoms with Crippen LogP contribution >= 0.6 is 22.6 Å². The lowest BCUT2D eigenvalue weighted by Crippen LogP contribution is -2.08. The Bertz CT molecular complexity index is 219. The summed E-state index contributed by atoms with van der Waals surface area (Å²) in [6.45, 7) is 0. The van der Waals surface area contributed by atoms with Crippen LogP contribution in [-0.2, 0) is 0 Å². The molecule has 4 N–H and O–H groups in total. The number of anilines is 1. The smallest absolute Gasteiger partial charge is 0.141 e. The van der Waals surface area contributed by atoms with E-state index < -0.39 is 0 Å². The third-order valence-electron chi connectivity index (χ3n) is 1.14. The fraction of sp³-hybridized carbons (Fsp3) is 0. The molecule has 3 nitrogen and oxygen atoms in total. The van der Waals surface area contributed by atoms with E-state index in [9.17, 15) is 0 Å². The van der Waals surface area contributed by atoms with E-state index >= 15 is 0 Å². The summed E-state index contributed by atoms with van der Waals surface area (Å²) in [7, 11) is 0. The molecule has 0 aromatic heterocycles. The number of rotatable bonds is 1. The molecule has 1 rings (SSSR count). The Hall–Kier alpha value is -0.490. The Balaban J connectivity index is 3.17. The highest BCUT2D eigenvalue weighted by Crippen LogP contribution is 2.26. The monoisotopic (exact) mass is 250 g/mol. The van der Waals surface area contributed by atoms with E-state index in [1.54, 1.807) is 12.1 Å². The van der Waals surface area contributed by atoms with Crippen molar-refractivity contribution in [3.05, 3.63) is 21.8 Å². The highest BCUT2D eigenvalue weighted by atomic mass is 127. The number of halogens is 1. The molecular weight excluding hydrogens is 243 g/mol. The molecule has 1 aromatic carbocycles. The zero-order valence-electron chi connectivity index (χ0n) is 5.13. The summed E-state index contributed by atoms with van der Waals surface area (Å²) in [5.74, 6) is 5.31. The number of benzene rings is 1. The summed E-state index contributed by atoms with van der Waals surface area (Å²) in [5.41, 5.74) is 2.98. The van der Waals surface area contributed by atoms with Gasteiger partial charge < -0.3 is 10.5 Å². The van der Waals surface area contributed by atoms with Crippen molar-refractivity contribution in [2.24, 2.45) is 5.84 Å². The molecule has 0 saturated heterocycles. The third-order valence-corrected chi connectivity index (χ3v) is 2.03. The minimum atomic E-state index is 0.175. The van der Waals surface area contributed by atoms with Gasteiger partial charge in [-0.25, -0.2) is 0 Å². The van der Waals surface area contributed by atoms with Gasteiger partial charge in [0.1, 0.15) is 11.4 Å². The summed E-state index contributed by atoms with van der Waals surface area (Å²) < 4.78 is 0.903. The zero-order chi connectivity index (χ0) is 7.56. The number of hydrazine groups is 1. The van der Waals surface area contributed by atoms with Gasteiger partial charge in [-0.3, -0.25) is 5.84 Å². The number of para-hydroxylation sites is 1. The quantitative estimate of drug-likeness (QED) is 0.304. The van der Waals surface area contributed by atoms with Crippen LogP contribution < -0.4 is 11.3 Å². The largest absolute Gasteiger partial charge is 0.506 e. The van der Waals surface area contributed by atoms with Gasteiger partial charge >= 0.3 is 0 Å². The molecule has 0 aliphatic rings. The number of phenolic OH excluding ortho intramolecular Hbond substituents is 1. The van der Waals surface area contributed by atoms with Gasteiger partial charge in [-0.15, -0.1) is 0 Å². The molecule has 0 saturated carbocycles. The summed E-state index contributed by atoms with van der Waals surface area (Å²) in [6, 6.07) is 5.20. The van der Waals surface area contributed by atoms with Crippen LogP contribution in [0.1, 0.15) is 0 Å². The number of hydrogen-bond acceptors (Lipinski definition) is 3. The third kappa shape index (κ3) is 1.32. The normalized spacial score (nSPS) is 9.40. The fourth-order valence-corrected chi connectivity index (χ4v) is 1.30. The number of nitrogens with two attached hydrogens (primary N) is 1. The predicted octanol–water partition coefficient (Wildman–Crippen LogP) is 1.28. The fourth-order valence-electron chi connectivity index (χ4n) is 0.656. The van der Waals surface area contributed by atoms with E-state index in [-0.39, 0.29) is 5.75 Å². The molecular formula is C6H7IN2O. The van der Waals surface area contributed by atoms with Crippen LogP contribution in [0.15, 0.2) is 18.2 Å². The SMILES string of the molecule is NNc1c(O)cccc1I. The average molecular weight is 250 g/mol. The molecule has 0 atom stereocenters. The number of phenols is 1. The first-order chi connectivity index (χ1) is 4.75. The van der Waals surface area contributed by atoms with E-state index in [0.29, 0.717) is 5.69 Å². The Morgan fingerprint density at radius 1 is 1.50 bits per heavy atom. The summed E-state index contributed by atoms with van der Waals surface area (Å²) in [5, 5.41) is 9.14. The second-order valence-electron chi connectivity index (χ2n) is 1.78. The Kier molecular flexibility index (Phi) is 2.34. The molecule has 1 aromatic rings. The van der Waals surface area contributed by atoms with Crippen molar-refractivity contribution in [2.45, 2.75) is 0 Å². The Labute approximate surface area is 72.3 Å². The summed E-state index contributed by atoms with van der Waals surface area (Å²) in [4.78, 5) is 0. The van der Waals surface area contributed by atoms with Crippen molar-refractivity contribution in [1.29, 1.82) is 0 Å². The van der Waals surface area contributed by atoms with Crippen molar-refractivity contribution in [3.63, 3.8) is 0 Å². The molecule has 54 valence electrons. The molecule has 0 bridgehead atoms. The second-order valence-corrected chi connectivity index (χ2v) is 2.94. The van der Waals surface area contributed by atoms with Gasteiger partial charge in [-0.05, 0) is 34.7 Å². The van der Waals surface area contributed by atoms with Crippen LogP contribution in [0.25, 0.3) is 0 Å². The van der Waals surface area contributed by atoms with Gasteiger partial charge in [0, 0.05) is 3.57 Å². The van der Waals surface area contributed by atoms with Gasteiger partial charge in [-0.2, -0.15) is 0 Å². The lowest BCUT2D eigenvalue weighted by Gasteiger charge is -2.03. The predicted molar refractivity (Wildman–Crippen MR) is 48.6 cm³/mol. The molecule has 4 heteroatoms. The number of nitrogens with one attached hydrogen (secondary N) is 1. The minimum absolute atomic E-state index is 0.175. The van der Waals surface area contributed by atoms with Gasteiger partial charge in [0.2, 0.25) is 0 Å². The van der Waals surface area contributed by atoms with Gasteiger partial charge in [0.25, 0.3) is 0 Å².